The van der Waals surface area contributed by atoms with Gasteiger partial charge in [-0.3, -0.25) is 0 Å². The summed E-state index contributed by atoms with van der Waals surface area (Å²) in [5, 5.41) is 0. The van der Waals surface area contributed by atoms with E-state index < -0.39 is 11.1 Å². The Balaban J connectivity index is 2.48. The summed E-state index contributed by atoms with van der Waals surface area (Å²) in [5.74, 6) is 0. The lowest BCUT2D eigenvalue weighted by atomic mass is 9.53. The molecule has 4 heteroatoms. The fourth-order valence-corrected chi connectivity index (χ4v) is 4.63. The van der Waals surface area contributed by atoms with Crippen molar-refractivity contribution in [2.24, 2.45) is 15.4 Å². The first-order chi connectivity index (χ1) is 10.0. The van der Waals surface area contributed by atoms with Gasteiger partial charge in [0.1, 0.15) is 0 Å². The lowest BCUT2D eigenvalue weighted by Crippen LogP contribution is -2.58. The van der Waals surface area contributed by atoms with Crippen LogP contribution in [0.3, 0.4) is 0 Å². The van der Waals surface area contributed by atoms with Crippen LogP contribution in [0, 0.1) is 5.41 Å². The van der Waals surface area contributed by atoms with Gasteiger partial charge in [0.15, 0.2) is 0 Å². The van der Waals surface area contributed by atoms with Crippen molar-refractivity contribution in [2.75, 3.05) is 0 Å². The summed E-state index contributed by atoms with van der Waals surface area (Å²) in [6, 6.07) is 0. The smallest absolute Gasteiger partial charge is 0.211 e. The third kappa shape index (κ3) is 2.63. The minimum atomic E-state index is -0.426. The Hall–Kier alpha value is -1.24. The van der Waals surface area contributed by atoms with Gasteiger partial charge in [0.25, 0.3) is 0 Å². The summed E-state index contributed by atoms with van der Waals surface area (Å²) < 4.78 is 0. The van der Waals surface area contributed by atoms with Crippen LogP contribution in [0.4, 0.5) is 0 Å². The Labute approximate surface area is 127 Å². The van der Waals surface area contributed by atoms with Crippen LogP contribution < -0.4 is 0 Å². The maximum absolute atomic E-state index is 11.1. The van der Waals surface area contributed by atoms with E-state index in [0.29, 0.717) is 0 Å². The SMILES string of the molecule is CC(C)(C1(N=C=O)CCCCC1)C1(N=C=O)CCCCC1. The van der Waals surface area contributed by atoms with Gasteiger partial charge in [-0.2, -0.15) is 9.98 Å². The Morgan fingerprint density at radius 1 is 0.714 bits per heavy atom. The molecule has 0 aromatic rings. The van der Waals surface area contributed by atoms with Gasteiger partial charge in [0.05, 0.1) is 11.1 Å². The highest BCUT2D eigenvalue weighted by atomic mass is 16.1. The molecule has 0 atom stereocenters. The van der Waals surface area contributed by atoms with Gasteiger partial charge < -0.3 is 0 Å². The van der Waals surface area contributed by atoms with Crippen LogP contribution in [-0.4, -0.2) is 23.2 Å². The number of hydrogen-bond donors (Lipinski definition) is 0. The Bertz CT molecular complexity index is 417. The van der Waals surface area contributed by atoms with Crippen molar-refractivity contribution in [1.29, 1.82) is 0 Å². The molecule has 2 aliphatic rings. The molecule has 0 spiro atoms. The topological polar surface area (TPSA) is 58.9 Å². The first kappa shape index (κ1) is 16.1. The average molecular weight is 290 g/mol. The molecule has 2 aliphatic carbocycles. The number of hydrogen-bond acceptors (Lipinski definition) is 4. The van der Waals surface area contributed by atoms with E-state index in [1.165, 1.54) is 12.8 Å². The summed E-state index contributed by atoms with van der Waals surface area (Å²) >= 11 is 0. The third-order valence-electron chi connectivity index (χ3n) is 6.21. The van der Waals surface area contributed by atoms with Crippen LogP contribution in [-0.2, 0) is 9.59 Å². The molecule has 21 heavy (non-hydrogen) atoms. The van der Waals surface area contributed by atoms with Gasteiger partial charge in [-0.15, -0.1) is 0 Å². The van der Waals surface area contributed by atoms with E-state index >= 15 is 0 Å². The maximum atomic E-state index is 11.1. The van der Waals surface area contributed by atoms with E-state index in [2.05, 4.69) is 23.8 Å². The number of rotatable bonds is 4. The number of nitrogens with zero attached hydrogens (tertiary/aromatic N) is 2. The zero-order valence-corrected chi connectivity index (χ0v) is 13.3. The van der Waals surface area contributed by atoms with Gasteiger partial charge in [-0.25, -0.2) is 9.59 Å². The highest BCUT2D eigenvalue weighted by Crippen LogP contribution is 2.56. The molecular weight excluding hydrogens is 264 g/mol. The van der Waals surface area contributed by atoms with Gasteiger partial charge in [0.2, 0.25) is 12.2 Å². The quantitative estimate of drug-likeness (QED) is 0.578. The van der Waals surface area contributed by atoms with Gasteiger partial charge in [-0.05, 0) is 25.7 Å². The Kier molecular flexibility index (Phi) is 4.81. The fourth-order valence-electron chi connectivity index (χ4n) is 4.63. The lowest BCUT2D eigenvalue weighted by molar-refractivity contribution is 0.0118. The van der Waals surface area contributed by atoms with Crippen LogP contribution in [0.15, 0.2) is 9.98 Å². The number of carbonyl (C=O) groups excluding carboxylic acids is 2. The highest BCUT2D eigenvalue weighted by molar-refractivity contribution is 5.39. The van der Waals surface area contributed by atoms with Crippen LogP contribution in [0.25, 0.3) is 0 Å². The second-order valence-corrected chi connectivity index (χ2v) is 7.22. The minimum absolute atomic E-state index is 0.324. The van der Waals surface area contributed by atoms with E-state index in [4.69, 9.17) is 0 Å². The molecule has 2 saturated carbocycles. The van der Waals surface area contributed by atoms with Crippen molar-refractivity contribution in [1.82, 2.24) is 0 Å². The summed E-state index contributed by atoms with van der Waals surface area (Å²) in [7, 11) is 0. The van der Waals surface area contributed by atoms with Crippen molar-refractivity contribution in [3.8, 4) is 0 Å². The molecule has 0 aromatic carbocycles. The maximum Gasteiger partial charge on any atom is 0.235 e. The van der Waals surface area contributed by atoms with Gasteiger partial charge in [-0.1, -0.05) is 52.4 Å². The standard InChI is InChI=1S/C17H26N2O2/c1-15(2,16(18-13-20)9-5-3-6-10-16)17(19-14-21)11-7-4-8-12-17/h3-12H2,1-2H3. The molecule has 0 radical (unpaired) electrons. The van der Waals surface area contributed by atoms with Crippen molar-refractivity contribution >= 4 is 12.2 Å². The molecule has 0 unspecified atom stereocenters. The van der Waals surface area contributed by atoms with E-state index in [9.17, 15) is 9.59 Å². The van der Waals surface area contributed by atoms with E-state index in [-0.39, 0.29) is 5.41 Å². The van der Waals surface area contributed by atoms with Crippen LogP contribution in [0.5, 0.6) is 0 Å². The molecule has 2 fully saturated rings. The number of isocyanates is 2. The summed E-state index contributed by atoms with van der Waals surface area (Å²) in [6.45, 7) is 4.29. The second-order valence-electron chi connectivity index (χ2n) is 7.22. The molecule has 0 bridgehead atoms. The predicted octanol–water partition coefficient (Wildman–Crippen LogP) is 4.09. The largest absolute Gasteiger partial charge is 0.235 e. The van der Waals surface area contributed by atoms with Crippen LogP contribution >= 0.6 is 0 Å². The Morgan fingerprint density at radius 2 is 1.05 bits per heavy atom. The van der Waals surface area contributed by atoms with Crippen molar-refractivity contribution in [3.63, 3.8) is 0 Å². The molecule has 116 valence electrons. The van der Waals surface area contributed by atoms with Crippen molar-refractivity contribution < 1.29 is 9.59 Å². The highest BCUT2D eigenvalue weighted by Gasteiger charge is 2.58. The Morgan fingerprint density at radius 3 is 1.33 bits per heavy atom. The molecule has 0 heterocycles. The average Bonchev–Trinajstić information content (AvgIpc) is 2.49. The first-order valence-electron chi connectivity index (χ1n) is 8.22. The molecule has 0 saturated heterocycles. The van der Waals surface area contributed by atoms with E-state index in [1.54, 1.807) is 0 Å². The molecule has 0 aromatic heterocycles. The molecule has 0 amide bonds. The summed E-state index contributed by atoms with van der Waals surface area (Å²) in [5.41, 5.74) is -1.18. The normalized spacial score (nSPS) is 24.5. The van der Waals surface area contributed by atoms with E-state index in [0.717, 1.165) is 51.4 Å². The third-order valence-corrected chi connectivity index (χ3v) is 6.21. The zero-order valence-electron chi connectivity index (χ0n) is 13.3. The molecule has 0 N–H and O–H groups in total. The first-order valence-corrected chi connectivity index (χ1v) is 8.22. The van der Waals surface area contributed by atoms with Crippen LogP contribution in [0.1, 0.15) is 78.1 Å². The van der Waals surface area contributed by atoms with Gasteiger partial charge >= 0.3 is 0 Å². The fraction of sp³-hybridized carbons (Fsp3) is 0.882. The zero-order chi connectivity index (χ0) is 15.4. The molecule has 4 nitrogen and oxygen atoms in total. The van der Waals surface area contributed by atoms with Crippen molar-refractivity contribution in [2.45, 2.75) is 89.1 Å². The molecule has 2 rings (SSSR count). The second kappa shape index (κ2) is 6.25. The number of aliphatic imine (C=N–C) groups is 2. The van der Waals surface area contributed by atoms with Crippen molar-refractivity contribution in [3.05, 3.63) is 0 Å². The van der Waals surface area contributed by atoms with E-state index in [1.807, 2.05) is 12.2 Å². The molecular formula is C17H26N2O2. The monoisotopic (exact) mass is 290 g/mol. The summed E-state index contributed by atoms with van der Waals surface area (Å²) in [6.07, 6.45) is 13.9. The molecule has 0 aliphatic heterocycles. The predicted molar refractivity (Wildman–Crippen MR) is 81.7 cm³/mol. The summed E-state index contributed by atoms with van der Waals surface area (Å²) in [4.78, 5) is 30.7. The minimum Gasteiger partial charge on any atom is -0.211 e. The van der Waals surface area contributed by atoms with Gasteiger partial charge in [0, 0.05) is 5.41 Å². The lowest BCUT2D eigenvalue weighted by Gasteiger charge is -2.55. The van der Waals surface area contributed by atoms with Crippen LogP contribution in [0.2, 0.25) is 0 Å².